The first-order valence-electron chi connectivity index (χ1n) is 8.35. The zero-order valence-corrected chi connectivity index (χ0v) is 13.8. The molecule has 1 aliphatic heterocycles. The lowest BCUT2D eigenvalue weighted by molar-refractivity contribution is -0.122. The van der Waals surface area contributed by atoms with Gasteiger partial charge in [0.05, 0.1) is 19.2 Å². The third-order valence-corrected chi connectivity index (χ3v) is 4.18. The van der Waals surface area contributed by atoms with Crippen molar-refractivity contribution in [3.05, 3.63) is 35.4 Å². The monoisotopic (exact) mass is 318 g/mol. The van der Waals surface area contributed by atoms with Gasteiger partial charge in [0.2, 0.25) is 5.91 Å². The molecule has 1 aromatic carbocycles. The van der Waals surface area contributed by atoms with Gasteiger partial charge in [-0.25, -0.2) is 4.79 Å². The Labute approximate surface area is 138 Å². The largest absolute Gasteiger partial charge is 0.465 e. The van der Waals surface area contributed by atoms with Crippen LogP contribution >= 0.6 is 0 Å². The fourth-order valence-electron chi connectivity index (χ4n) is 2.81. The summed E-state index contributed by atoms with van der Waals surface area (Å²) in [6, 6.07) is 7.10. The van der Waals surface area contributed by atoms with Gasteiger partial charge in [0.25, 0.3) is 0 Å². The Morgan fingerprint density at radius 1 is 1.04 bits per heavy atom. The Bertz CT molecular complexity index is 506. The number of nitrogens with zero attached hydrogens (tertiary/aromatic N) is 1. The molecular weight excluding hydrogens is 292 g/mol. The smallest absolute Gasteiger partial charge is 0.337 e. The van der Waals surface area contributed by atoms with E-state index in [1.54, 1.807) is 12.1 Å². The molecule has 5 heteroatoms. The van der Waals surface area contributed by atoms with Crippen molar-refractivity contribution in [3.8, 4) is 0 Å². The highest BCUT2D eigenvalue weighted by Gasteiger charge is 2.12. The number of esters is 1. The number of carbonyl (C=O) groups is 2. The topological polar surface area (TPSA) is 58.6 Å². The summed E-state index contributed by atoms with van der Waals surface area (Å²) in [7, 11) is 1.36. The number of ether oxygens (including phenoxy) is 1. The maximum absolute atomic E-state index is 12.1. The van der Waals surface area contributed by atoms with E-state index in [9.17, 15) is 9.59 Å². The quantitative estimate of drug-likeness (QED) is 0.847. The van der Waals surface area contributed by atoms with Gasteiger partial charge in [-0.1, -0.05) is 31.4 Å². The van der Waals surface area contributed by atoms with Gasteiger partial charge in [-0.05, 0) is 43.6 Å². The van der Waals surface area contributed by atoms with Gasteiger partial charge in [0.15, 0.2) is 0 Å². The van der Waals surface area contributed by atoms with Gasteiger partial charge in [0.1, 0.15) is 0 Å². The molecule has 0 bridgehead atoms. The van der Waals surface area contributed by atoms with Crippen molar-refractivity contribution in [2.45, 2.75) is 38.6 Å². The second-order valence-corrected chi connectivity index (χ2v) is 6.01. The van der Waals surface area contributed by atoms with Crippen LogP contribution in [0, 0.1) is 0 Å². The number of carbonyl (C=O) groups excluding carboxylic acids is 2. The Kier molecular flexibility index (Phi) is 7.07. The van der Waals surface area contributed by atoms with Gasteiger partial charge in [-0.15, -0.1) is 0 Å². The average Bonchev–Trinajstić information content (AvgIpc) is 2.55. The number of rotatable bonds is 5. The van der Waals surface area contributed by atoms with E-state index < -0.39 is 0 Å². The van der Waals surface area contributed by atoms with Gasteiger partial charge in [0, 0.05) is 6.54 Å². The van der Waals surface area contributed by atoms with Crippen molar-refractivity contribution >= 4 is 11.9 Å². The number of hydrogen-bond acceptors (Lipinski definition) is 4. The third kappa shape index (κ3) is 6.02. The van der Waals surface area contributed by atoms with E-state index in [-0.39, 0.29) is 11.9 Å². The highest BCUT2D eigenvalue weighted by atomic mass is 16.5. The number of likely N-dealkylation sites (tertiary alicyclic amines) is 1. The van der Waals surface area contributed by atoms with Crippen molar-refractivity contribution in [1.29, 1.82) is 0 Å². The van der Waals surface area contributed by atoms with E-state index in [0.717, 1.165) is 18.7 Å². The molecule has 23 heavy (non-hydrogen) atoms. The summed E-state index contributed by atoms with van der Waals surface area (Å²) in [5, 5.41) is 2.95. The van der Waals surface area contributed by atoms with E-state index in [0.29, 0.717) is 18.7 Å². The zero-order chi connectivity index (χ0) is 16.5. The lowest BCUT2D eigenvalue weighted by Crippen LogP contribution is -2.38. The van der Waals surface area contributed by atoms with Crippen molar-refractivity contribution in [2.75, 3.05) is 26.7 Å². The summed E-state index contributed by atoms with van der Waals surface area (Å²) in [4.78, 5) is 25.7. The van der Waals surface area contributed by atoms with Crippen LogP contribution in [0.4, 0.5) is 0 Å². The predicted octanol–water partition coefficient (Wildman–Crippen LogP) is 2.36. The molecule has 0 saturated carbocycles. The fraction of sp³-hybridized carbons (Fsp3) is 0.556. The predicted molar refractivity (Wildman–Crippen MR) is 89.2 cm³/mol. The van der Waals surface area contributed by atoms with Crippen LogP contribution in [0.15, 0.2) is 24.3 Å². The van der Waals surface area contributed by atoms with Crippen LogP contribution in [0.5, 0.6) is 0 Å². The number of benzene rings is 1. The van der Waals surface area contributed by atoms with Gasteiger partial charge in [-0.2, -0.15) is 0 Å². The van der Waals surface area contributed by atoms with Crippen LogP contribution in [-0.2, 0) is 16.1 Å². The molecular formula is C18H26N2O3. The molecule has 0 aliphatic carbocycles. The lowest BCUT2D eigenvalue weighted by atomic mass is 10.1. The van der Waals surface area contributed by atoms with Crippen LogP contribution < -0.4 is 5.32 Å². The molecule has 0 atom stereocenters. The van der Waals surface area contributed by atoms with E-state index in [4.69, 9.17) is 0 Å². The van der Waals surface area contributed by atoms with Crippen LogP contribution in [-0.4, -0.2) is 43.5 Å². The summed E-state index contributed by atoms with van der Waals surface area (Å²) in [6.45, 7) is 2.98. The normalized spacial score (nSPS) is 16.2. The third-order valence-electron chi connectivity index (χ3n) is 4.18. The van der Waals surface area contributed by atoms with Gasteiger partial charge >= 0.3 is 5.97 Å². The maximum atomic E-state index is 12.1. The standard InChI is InChI=1S/C18H26N2O3/c1-23-18(22)16-9-7-15(8-10-16)13-19-17(21)14-20-11-5-3-2-4-6-12-20/h7-10H,2-6,11-14H2,1H3,(H,19,21). The second-order valence-electron chi connectivity index (χ2n) is 6.01. The molecule has 2 rings (SSSR count). The summed E-state index contributed by atoms with van der Waals surface area (Å²) < 4.78 is 4.66. The molecule has 1 N–H and O–H groups in total. The number of hydrogen-bond donors (Lipinski definition) is 1. The van der Waals surface area contributed by atoms with Crippen LogP contribution in [0.25, 0.3) is 0 Å². The van der Waals surface area contributed by atoms with E-state index >= 15 is 0 Å². The SMILES string of the molecule is COC(=O)c1ccc(CNC(=O)CN2CCCCCCC2)cc1. The molecule has 1 amide bonds. The molecule has 5 nitrogen and oxygen atoms in total. The minimum absolute atomic E-state index is 0.0580. The molecule has 1 fully saturated rings. The maximum Gasteiger partial charge on any atom is 0.337 e. The molecule has 1 aliphatic rings. The van der Waals surface area contributed by atoms with Crippen molar-refractivity contribution in [3.63, 3.8) is 0 Å². The molecule has 0 spiro atoms. The molecule has 0 radical (unpaired) electrons. The van der Waals surface area contributed by atoms with E-state index in [1.165, 1.54) is 39.2 Å². The molecule has 1 saturated heterocycles. The van der Waals surface area contributed by atoms with E-state index in [1.807, 2.05) is 12.1 Å². The van der Waals surface area contributed by atoms with E-state index in [2.05, 4.69) is 15.0 Å². The Hall–Kier alpha value is -1.88. The zero-order valence-electron chi connectivity index (χ0n) is 13.8. The fourth-order valence-corrected chi connectivity index (χ4v) is 2.81. The second kappa shape index (κ2) is 9.30. The molecule has 1 heterocycles. The van der Waals surface area contributed by atoms with Crippen molar-refractivity contribution < 1.29 is 14.3 Å². The summed E-state index contributed by atoms with van der Waals surface area (Å²) in [6.07, 6.45) is 6.22. The summed E-state index contributed by atoms with van der Waals surface area (Å²) in [5.41, 5.74) is 1.49. The van der Waals surface area contributed by atoms with Crippen LogP contribution in [0.1, 0.15) is 48.0 Å². The first-order valence-corrected chi connectivity index (χ1v) is 8.35. The Morgan fingerprint density at radius 2 is 1.65 bits per heavy atom. The average molecular weight is 318 g/mol. The first kappa shape index (κ1) is 17.5. The van der Waals surface area contributed by atoms with Crippen molar-refractivity contribution in [2.24, 2.45) is 0 Å². The van der Waals surface area contributed by atoms with Crippen LogP contribution in [0.3, 0.4) is 0 Å². The number of amides is 1. The molecule has 126 valence electrons. The Balaban J connectivity index is 1.76. The first-order chi connectivity index (χ1) is 11.2. The number of methoxy groups -OCH3 is 1. The van der Waals surface area contributed by atoms with Crippen LogP contribution in [0.2, 0.25) is 0 Å². The molecule has 0 unspecified atom stereocenters. The Morgan fingerprint density at radius 3 is 2.26 bits per heavy atom. The van der Waals surface area contributed by atoms with Gasteiger partial charge < -0.3 is 10.1 Å². The van der Waals surface area contributed by atoms with Gasteiger partial charge in [-0.3, -0.25) is 9.69 Å². The summed E-state index contributed by atoms with van der Waals surface area (Å²) in [5.74, 6) is -0.291. The number of nitrogens with one attached hydrogen (secondary N) is 1. The molecule has 1 aromatic rings. The van der Waals surface area contributed by atoms with Crippen molar-refractivity contribution in [1.82, 2.24) is 10.2 Å². The summed E-state index contributed by atoms with van der Waals surface area (Å²) >= 11 is 0. The highest BCUT2D eigenvalue weighted by molar-refractivity contribution is 5.89. The lowest BCUT2D eigenvalue weighted by Gasteiger charge is -2.23. The highest BCUT2D eigenvalue weighted by Crippen LogP contribution is 2.10. The minimum atomic E-state index is -0.349. The minimum Gasteiger partial charge on any atom is -0.465 e. The molecule has 0 aromatic heterocycles.